The molecule has 20 heavy (non-hydrogen) atoms. The number of carboxylic acids is 1. The summed E-state index contributed by atoms with van der Waals surface area (Å²) in [6, 6.07) is 1.27. The van der Waals surface area contributed by atoms with E-state index < -0.39 is 29.2 Å². The molecule has 0 aromatic heterocycles. The van der Waals surface area contributed by atoms with Gasteiger partial charge in [-0.3, -0.25) is 4.79 Å². The van der Waals surface area contributed by atoms with Crippen LogP contribution in [0.1, 0.15) is 31.9 Å². The van der Waals surface area contributed by atoms with Crippen molar-refractivity contribution in [3.8, 4) is 0 Å². The molecule has 1 rings (SSSR count). The van der Waals surface area contributed by atoms with Gasteiger partial charge in [-0.05, 0) is 45.4 Å². The summed E-state index contributed by atoms with van der Waals surface area (Å²) in [4.78, 5) is 23.7. The second kappa shape index (κ2) is 5.56. The first-order valence-corrected chi connectivity index (χ1v) is 6.09. The fourth-order valence-corrected chi connectivity index (χ4v) is 2.13. The molecule has 1 atom stereocenters. The van der Waals surface area contributed by atoms with Gasteiger partial charge < -0.3 is 10.0 Å². The predicted molar refractivity (Wildman–Crippen MR) is 69.1 cm³/mol. The standard InChI is InChI=1S/C14H17F2NO3/c1-8(2)17(7-18)14(4,13(19)20)10-6-11(15)9(3)5-12(10)16/h5-8H,1-4H3,(H,19,20). The number of hydrogen-bond acceptors (Lipinski definition) is 2. The fraction of sp³-hybridized carbons (Fsp3) is 0.429. The van der Waals surface area contributed by atoms with Crippen LogP contribution in [0.25, 0.3) is 0 Å². The lowest BCUT2D eigenvalue weighted by molar-refractivity contribution is -0.156. The molecule has 1 amide bonds. The number of benzene rings is 1. The van der Waals surface area contributed by atoms with Crippen LogP contribution in [0.3, 0.4) is 0 Å². The number of carbonyl (C=O) groups excluding carboxylic acids is 1. The van der Waals surface area contributed by atoms with Gasteiger partial charge in [0.25, 0.3) is 0 Å². The van der Waals surface area contributed by atoms with E-state index in [2.05, 4.69) is 0 Å². The maximum absolute atomic E-state index is 14.1. The molecule has 0 radical (unpaired) electrons. The van der Waals surface area contributed by atoms with E-state index in [-0.39, 0.29) is 11.1 Å². The summed E-state index contributed by atoms with van der Waals surface area (Å²) in [6.07, 6.45) is 0.329. The Morgan fingerprint density at radius 1 is 1.35 bits per heavy atom. The third-order valence-electron chi connectivity index (χ3n) is 3.38. The summed E-state index contributed by atoms with van der Waals surface area (Å²) in [5.74, 6) is -3.01. The van der Waals surface area contributed by atoms with E-state index in [0.717, 1.165) is 17.0 Å². The molecule has 110 valence electrons. The predicted octanol–water partition coefficient (Wildman–Crippen LogP) is 2.44. The molecule has 4 nitrogen and oxygen atoms in total. The maximum atomic E-state index is 14.1. The van der Waals surface area contributed by atoms with Gasteiger partial charge in [-0.15, -0.1) is 0 Å². The van der Waals surface area contributed by atoms with Crippen LogP contribution < -0.4 is 0 Å². The zero-order valence-corrected chi connectivity index (χ0v) is 11.8. The van der Waals surface area contributed by atoms with Gasteiger partial charge in [0.2, 0.25) is 6.41 Å². The van der Waals surface area contributed by atoms with E-state index in [1.54, 1.807) is 13.8 Å². The van der Waals surface area contributed by atoms with Crippen LogP contribution in [0.5, 0.6) is 0 Å². The average Bonchev–Trinajstić information content (AvgIpc) is 2.33. The number of carboxylic acid groups (broad SMARTS) is 1. The lowest BCUT2D eigenvalue weighted by atomic mass is 9.88. The van der Waals surface area contributed by atoms with E-state index >= 15 is 0 Å². The number of aryl methyl sites for hydroxylation is 1. The van der Waals surface area contributed by atoms with E-state index in [1.807, 2.05) is 0 Å². The third kappa shape index (κ3) is 2.50. The largest absolute Gasteiger partial charge is 0.479 e. The summed E-state index contributed by atoms with van der Waals surface area (Å²) in [5.41, 5.74) is -2.29. The van der Waals surface area contributed by atoms with Crippen LogP contribution in [0.4, 0.5) is 8.78 Å². The topological polar surface area (TPSA) is 57.6 Å². The highest BCUT2D eigenvalue weighted by molar-refractivity contribution is 5.83. The Labute approximate surface area is 116 Å². The molecule has 1 N–H and O–H groups in total. The summed E-state index contributed by atoms with van der Waals surface area (Å²) in [6.45, 7) is 5.74. The smallest absolute Gasteiger partial charge is 0.334 e. The van der Waals surface area contributed by atoms with Gasteiger partial charge in [-0.1, -0.05) is 0 Å². The molecule has 0 aliphatic carbocycles. The highest BCUT2D eigenvalue weighted by atomic mass is 19.1. The first-order valence-electron chi connectivity index (χ1n) is 6.09. The van der Waals surface area contributed by atoms with E-state index in [0.29, 0.717) is 6.41 Å². The number of rotatable bonds is 5. The van der Waals surface area contributed by atoms with E-state index in [1.165, 1.54) is 13.8 Å². The van der Waals surface area contributed by atoms with Crippen molar-refractivity contribution in [3.63, 3.8) is 0 Å². The van der Waals surface area contributed by atoms with Gasteiger partial charge in [0.15, 0.2) is 5.54 Å². The Kier molecular flexibility index (Phi) is 4.47. The minimum atomic E-state index is -1.98. The van der Waals surface area contributed by atoms with Crippen molar-refractivity contribution in [2.45, 2.75) is 39.3 Å². The van der Waals surface area contributed by atoms with Gasteiger partial charge >= 0.3 is 5.97 Å². The van der Waals surface area contributed by atoms with Crippen LogP contribution in [0.15, 0.2) is 12.1 Å². The van der Waals surface area contributed by atoms with Crippen LogP contribution in [-0.2, 0) is 15.1 Å². The molecule has 0 aliphatic heterocycles. The number of aliphatic carboxylic acids is 1. The van der Waals surface area contributed by atoms with Crippen molar-refractivity contribution in [2.75, 3.05) is 0 Å². The fourth-order valence-electron chi connectivity index (χ4n) is 2.13. The second-order valence-corrected chi connectivity index (χ2v) is 5.07. The number of nitrogens with zero attached hydrogens (tertiary/aromatic N) is 1. The molecule has 0 aliphatic rings. The molecule has 1 unspecified atom stereocenters. The van der Waals surface area contributed by atoms with Gasteiger partial charge in [0.05, 0.1) is 0 Å². The molecule has 0 saturated heterocycles. The Morgan fingerprint density at radius 2 is 1.90 bits per heavy atom. The maximum Gasteiger partial charge on any atom is 0.334 e. The zero-order valence-electron chi connectivity index (χ0n) is 11.8. The van der Waals surface area contributed by atoms with Crippen LogP contribution in [0.2, 0.25) is 0 Å². The Bertz CT molecular complexity index is 545. The van der Waals surface area contributed by atoms with Gasteiger partial charge in [0, 0.05) is 11.6 Å². The molecule has 6 heteroatoms. The Morgan fingerprint density at radius 3 is 2.30 bits per heavy atom. The molecule has 0 spiro atoms. The quantitative estimate of drug-likeness (QED) is 0.845. The summed E-state index contributed by atoms with van der Waals surface area (Å²) >= 11 is 0. The van der Waals surface area contributed by atoms with Crippen molar-refractivity contribution in [1.29, 1.82) is 0 Å². The minimum absolute atomic E-state index is 0.0705. The molecule has 1 aromatic rings. The summed E-state index contributed by atoms with van der Waals surface area (Å²) < 4.78 is 27.7. The average molecular weight is 285 g/mol. The number of carbonyl (C=O) groups is 2. The van der Waals surface area contributed by atoms with Gasteiger partial charge in [-0.2, -0.15) is 0 Å². The normalized spacial score (nSPS) is 13.9. The Balaban J connectivity index is 3.60. The summed E-state index contributed by atoms with van der Waals surface area (Å²) in [5, 5.41) is 9.43. The number of halogens is 2. The highest BCUT2D eigenvalue weighted by Crippen LogP contribution is 2.32. The molecule has 0 heterocycles. The number of hydrogen-bond donors (Lipinski definition) is 1. The molecule has 0 bridgehead atoms. The van der Waals surface area contributed by atoms with E-state index in [9.17, 15) is 23.5 Å². The van der Waals surface area contributed by atoms with Gasteiger partial charge in [0.1, 0.15) is 11.6 Å². The lowest BCUT2D eigenvalue weighted by Gasteiger charge is -2.38. The molecule has 0 saturated carbocycles. The monoisotopic (exact) mass is 285 g/mol. The minimum Gasteiger partial charge on any atom is -0.479 e. The molecule has 0 fully saturated rings. The molecular weight excluding hydrogens is 268 g/mol. The number of amides is 1. The summed E-state index contributed by atoms with van der Waals surface area (Å²) in [7, 11) is 0. The SMILES string of the molecule is Cc1cc(F)c(C(C)(C(=O)O)N(C=O)C(C)C)cc1F. The van der Waals surface area contributed by atoms with Crippen molar-refractivity contribution in [3.05, 3.63) is 34.9 Å². The van der Waals surface area contributed by atoms with Crippen LogP contribution in [-0.4, -0.2) is 28.4 Å². The Hall–Kier alpha value is -1.98. The lowest BCUT2D eigenvalue weighted by Crippen LogP contribution is -2.52. The second-order valence-electron chi connectivity index (χ2n) is 5.07. The first kappa shape index (κ1) is 16.1. The van der Waals surface area contributed by atoms with Gasteiger partial charge in [-0.25, -0.2) is 13.6 Å². The van der Waals surface area contributed by atoms with Crippen molar-refractivity contribution in [2.24, 2.45) is 0 Å². The third-order valence-corrected chi connectivity index (χ3v) is 3.38. The van der Waals surface area contributed by atoms with Crippen LogP contribution in [0, 0.1) is 18.6 Å². The molecular formula is C14H17F2NO3. The van der Waals surface area contributed by atoms with Crippen LogP contribution >= 0.6 is 0 Å². The highest BCUT2D eigenvalue weighted by Gasteiger charge is 2.44. The van der Waals surface area contributed by atoms with Crippen molar-refractivity contribution in [1.82, 2.24) is 4.90 Å². The zero-order chi connectivity index (χ0) is 15.7. The van der Waals surface area contributed by atoms with E-state index in [4.69, 9.17) is 0 Å². The van der Waals surface area contributed by atoms with Crippen molar-refractivity contribution >= 4 is 12.4 Å². The molecule has 1 aromatic carbocycles. The first-order chi connectivity index (χ1) is 9.16. The van der Waals surface area contributed by atoms with Crippen molar-refractivity contribution < 1.29 is 23.5 Å².